The Bertz CT molecular complexity index is 858. The summed E-state index contributed by atoms with van der Waals surface area (Å²) in [5.74, 6) is -1.24. The molecule has 0 aliphatic heterocycles. The van der Waals surface area contributed by atoms with E-state index in [9.17, 15) is 19.5 Å². The fourth-order valence-electron chi connectivity index (χ4n) is 6.48. The molecule has 0 heterocycles. The average Bonchev–Trinajstić information content (AvgIpc) is 3.11. The third kappa shape index (κ3) is 36.0. The van der Waals surface area contributed by atoms with Gasteiger partial charge in [0.1, 0.15) is 12.1 Å². The van der Waals surface area contributed by atoms with Crippen molar-refractivity contribution in [1.82, 2.24) is 5.32 Å². The zero-order valence-corrected chi connectivity index (χ0v) is 33.5. The molecule has 0 aromatic rings. The van der Waals surface area contributed by atoms with Crippen molar-refractivity contribution in [3.63, 3.8) is 0 Å². The topological polar surface area (TPSA) is 119 Å². The Morgan fingerprint density at radius 2 is 1.02 bits per heavy atom. The lowest BCUT2D eigenvalue weighted by Crippen LogP contribution is -2.40. The molecule has 0 saturated carbocycles. The maximum Gasteiger partial charge on any atom is 0.326 e. The van der Waals surface area contributed by atoms with Crippen molar-refractivity contribution < 1.29 is 24.2 Å². The average molecular weight is 719 g/mol. The number of esters is 1. The molecule has 0 aromatic carbocycles. The van der Waals surface area contributed by atoms with Crippen LogP contribution < -0.4 is 11.1 Å². The van der Waals surface area contributed by atoms with Gasteiger partial charge in [-0.1, -0.05) is 147 Å². The van der Waals surface area contributed by atoms with Gasteiger partial charge in [-0.05, 0) is 90.0 Å². The predicted molar refractivity (Wildman–Crippen MR) is 216 cm³/mol. The van der Waals surface area contributed by atoms with Gasteiger partial charge in [0.2, 0.25) is 5.91 Å². The van der Waals surface area contributed by atoms with Gasteiger partial charge in [-0.15, -0.1) is 0 Å². The summed E-state index contributed by atoms with van der Waals surface area (Å²) in [6, 6.07) is -0.857. The highest BCUT2D eigenvalue weighted by molar-refractivity contribution is 5.83. The second-order valence-corrected chi connectivity index (χ2v) is 14.8. The maximum absolute atomic E-state index is 12.7. The molecule has 51 heavy (non-hydrogen) atoms. The monoisotopic (exact) mass is 719 g/mol. The molecule has 0 bridgehead atoms. The highest BCUT2D eigenvalue weighted by Gasteiger charge is 2.19. The summed E-state index contributed by atoms with van der Waals surface area (Å²) < 4.78 is 6.03. The number of rotatable bonds is 39. The number of aliphatic carboxylic acids is 1. The summed E-state index contributed by atoms with van der Waals surface area (Å²) >= 11 is 0. The fourth-order valence-corrected chi connectivity index (χ4v) is 6.48. The van der Waals surface area contributed by atoms with Crippen LogP contribution >= 0.6 is 0 Å². The second-order valence-electron chi connectivity index (χ2n) is 14.8. The van der Waals surface area contributed by atoms with Gasteiger partial charge in [-0.2, -0.15) is 0 Å². The van der Waals surface area contributed by atoms with Gasteiger partial charge in [-0.25, -0.2) is 4.79 Å². The predicted octanol–water partition coefficient (Wildman–Crippen LogP) is 12.1. The Kier molecular flexibility index (Phi) is 37.4. The minimum Gasteiger partial charge on any atom is -0.480 e. The summed E-state index contributed by atoms with van der Waals surface area (Å²) in [7, 11) is 0. The maximum atomic E-state index is 12.7. The molecule has 0 aromatic heterocycles. The number of unbranched alkanes of at least 4 members (excludes halogenated alkanes) is 21. The Balaban J connectivity index is 4.37. The first kappa shape index (κ1) is 48.9. The number of amides is 1. The minimum absolute atomic E-state index is 0.00415. The molecule has 7 nitrogen and oxygen atoms in total. The largest absolute Gasteiger partial charge is 0.480 e. The number of hydrogen-bond donors (Lipinski definition) is 3. The van der Waals surface area contributed by atoms with E-state index in [4.69, 9.17) is 10.5 Å². The number of carboxylic acid groups (broad SMARTS) is 1. The number of nitrogens with one attached hydrogen (secondary N) is 1. The molecule has 0 aliphatic rings. The second kappa shape index (κ2) is 39.1. The van der Waals surface area contributed by atoms with Gasteiger partial charge in [-0.3, -0.25) is 9.59 Å². The van der Waals surface area contributed by atoms with E-state index in [1.807, 2.05) is 0 Å². The van der Waals surface area contributed by atoms with Gasteiger partial charge in [0.05, 0.1) is 0 Å². The minimum atomic E-state index is -1.01. The van der Waals surface area contributed by atoms with Gasteiger partial charge in [0.15, 0.2) is 0 Å². The lowest BCUT2D eigenvalue weighted by atomic mass is 10.0. The highest BCUT2D eigenvalue weighted by atomic mass is 16.5. The van der Waals surface area contributed by atoms with E-state index in [2.05, 4.69) is 43.5 Å². The number of carbonyl (C=O) groups is 3. The molecule has 1 amide bonds. The first-order valence-electron chi connectivity index (χ1n) is 21.7. The Morgan fingerprint density at radius 1 is 0.569 bits per heavy atom. The quantitative estimate of drug-likeness (QED) is 0.0331. The summed E-state index contributed by atoms with van der Waals surface area (Å²) in [5.41, 5.74) is 5.48. The molecular weight excluding hydrogens is 636 g/mol. The number of carbonyl (C=O) groups excluding carboxylic acids is 2. The molecule has 0 spiro atoms. The normalized spacial score (nSPS) is 12.8. The molecule has 0 saturated heterocycles. The number of hydrogen-bond acceptors (Lipinski definition) is 5. The first-order valence-corrected chi connectivity index (χ1v) is 21.7. The molecule has 7 heteroatoms. The van der Waals surface area contributed by atoms with Crippen LogP contribution in [0, 0.1) is 0 Å². The van der Waals surface area contributed by atoms with E-state index < -0.39 is 12.0 Å². The standard InChI is InChI=1S/C44H82N2O5/c1-3-5-7-9-11-13-15-16-17-18-19-20-22-25-29-34-40(51-43(48)38-32-28-23-21-14-12-10-8-6-4-2)35-30-26-24-27-31-37-42(47)46-41(44(49)50)36-33-39-45/h15-16,18-19,40-41H,3-14,17,20-39,45H2,1-2H3,(H,46,47)(H,49,50)/b16-15-,19-18-. The van der Waals surface area contributed by atoms with E-state index in [0.717, 1.165) is 83.5 Å². The van der Waals surface area contributed by atoms with Gasteiger partial charge < -0.3 is 20.9 Å². The highest BCUT2D eigenvalue weighted by Crippen LogP contribution is 2.18. The van der Waals surface area contributed by atoms with Crippen LogP contribution in [0.15, 0.2) is 24.3 Å². The van der Waals surface area contributed by atoms with E-state index in [1.165, 1.54) is 96.3 Å². The van der Waals surface area contributed by atoms with Crippen LogP contribution in [0.3, 0.4) is 0 Å². The molecule has 0 aliphatic carbocycles. The van der Waals surface area contributed by atoms with Crippen LogP contribution in [0.5, 0.6) is 0 Å². The van der Waals surface area contributed by atoms with E-state index >= 15 is 0 Å². The smallest absolute Gasteiger partial charge is 0.326 e. The summed E-state index contributed by atoms with van der Waals surface area (Å²) in [4.78, 5) is 36.3. The molecule has 298 valence electrons. The van der Waals surface area contributed by atoms with Crippen molar-refractivity contribution in [1.29, 1.82) is 0 Å². The Hall–Kier alpha value is -2.15. The van der Waals surface area contributed by atoms with Crippen LogP contribution in [-0.4, -0.2) is 41.6 Å². The zero-order chi connectivity index (χ0) is 37.5. The van der Waals surface area contributed by atoms with Gasteiger partial charge in [0.25, 0.3) is 0 Å². The van der Waals surface area contributed by atoms with Gasteiger partial charge in [0, 0.05) is 12.8 Å². The fraction of sp³-hybridized carbons (Fsp3) is 0.841. The first-order chi connectivity index (χ1) is 24.9. The van der Waals surface area contributed by atoms with Crippen molar-refractivity contribution in [3.8, 4) is 0 Å². The van der Waals surface area contributed by atoms with Crippen LogP contribution in [-0.2, 0) is 19.1 Å². The Labute approximate surface area is 314 Å². The van der Waals surface area contributed by atoms with Crippen LogP contribution in [0.1, 0.15) is 219 Å². The van der Waals surface area contributed by atoms with E-state index in [1.54, 1.807) is 0 Å². The number of carboxylic acids is 1. The van der Waals surface area contributed by atoms with Crippen molar-refractivity contribution in [2.75, 3.05) is 6.54 Å². The molecule has 2 unspecified atom stereocenters. The van der Waals surface area contributed by atoms with Crippen molar-refractivity contribution in [2.24, 2.45) is 5.73 Å². The molecule has 4 N–H and O–H groups in total. The molecular formula is C44H82N2O5. The van der Waals surface area contributed by atoms with Crippen LogP contribution in [0.4, 0.5) is 0 Å². The zero-order valence-electron chi connectivity index (χ0n) is 33.5. The van der Waals surface area contributed by atoms with Crippen molar-refractivity contribution in [2.45, 2.75) is 231 Å². The molecule has 0 radical (unpaired) electrons. The van der Waals surface area contributed by atoms with E-state index in [0.29, 0.717) is 32.2 Å². The van der Waals surface area contributed by atoms with Crippen molar-refractivity contribution >= 4 is 17.8 Å². The number of allylic oxidation sites excluding steroid dienone is 4. The van der Waals surface area contributed by atoms with Crippen LogP contribution in [0.25, 0.3) is 0 Å². The van der Waals surface area contributed by atoms with Crippen molar-refractivity contribution in [3.05, 3.63) is 24.3 Å². The number of nitrogens with two attached hydrogens (primary N) is 1. The SMILES string of the molecule is CCCCCCC/C=C\C/C=C\CCCCCC(CCCCCCCC(=O)NC(CCCN)C(=O)O)OC(=O)CCCCCCCCCCCC. The third-order valence-electron chi connectivity index (χ3n) is 9.77. The molecule has 0 rings (SSSR count). The summed E-state index contributed by atoms with van der Waals surface area (Å²) in [5, 5.41) is 11.9. The van der Waals surface area contributed by atoms with Gasteiger partial charge >= 0.3 is 11.9 Å². The summed E-state index contributed by atoms with van der Waals surface area (Å²) in [6.07, 6.45) is 43.6. The lowest BCUT2D eigenvalue weighted by molar-refractivity contribution is -0.150. The van der Waals surface area contributed by atoms with E-state index in [-0.39, 0.29) is 18.0 Å². The molecule has 0 fully saturated rings. The molecule has 2 atom stereocenters. The third-order valence-corrected chi connectivity index (χ3v) is 9.77. The number of ether oxygens (including phenoxy) is 1. The summed E-state index contributed by atoms with van der Waals surface area (Å²) in [6.45, 7) is 4.93. The van der Waals surface area contributed by atoms with Crippen LogP contribution in [0.2, 0.25) is 0 Å². The Morgan fingerprint density at radius 3 is 1.53 bits per heavy atom. The lowest BCUT2D eigenvalue weighted by Gasteiger charge is -2.18.